The van der Waals surface area contributed by atoms with Gasteiger partial charge in [-0.25, -0.2) is 4.79 Å². The molecule has 3 rings (SSSR count). The van der Waals surface area contributed by atoms with Gasteiger partial charge in [-0.1, -0.05) is 0 Å². The van der Waals surface area contributed by atoms with Gasteiger partial charge in [0.1, 0.15) is 0 Å². The molecule has 1 saturated carbocycles. The minimum Gasteiger partial charge on any atom is -0.481 e. The van der Waals surface area contributed by atoms with Crippen molar-refractivity contribution in [2.75, 3.05) is 18.9 Å². The highest BCUT2D eigenvalue weighted by Gasteiger charge is 2.44. The minimum absolute atomic E-state index is 0.0897. The predicted octanol–water partition coefficient (Wildman–Crippen LogP) is 2.67. The molecule has 0 radical (unpaired) electrons. The van der Waals surface area contributed by atoms with Crippen LogP contribution in [0.4, 0.5) is 10.5 Å². The third-order valence-corrected chi connectivity index (χ3v) is 4.16. The fourth-order valence-electron chi connectivity index (χ4n) is 2.87. The lowest BCUT2D eigenvalue weighted by Crippen LogP contribution is -2.34. The predicted molar refractivity (Wildman–Crippen MR) is 82.8 cm³/mol. The maximum absolute atomic E-state index is 12.0. The number of amides is 2. The van der Waals surface area contributed by atoms with Crippen LogP contribution in [0.15, 0.2) is 18.2 Å². The molecule has 1 spiro atoms. The minimum atomic E-state index is -0.936. The molecule has 7 nitrogen and oxygen atoms in total. The first-order valence-electron chi connectivity index (χ1n) is 7.73. The Labute approximate surface area is 134 Å². The monoisotopic (exact) mass is 320 g/mol. The lowest BCUT2D eigenvalue weighted by Gasteiger charge is -2.21. The number of anilines is 1. The van der Waals surface area contributed by atoms with Gasteiger partial charge in [-0.15, -0.1) is 0 Å². The normalized spacial score (nSPS) is 17.3. The van der Waals surface area contributed by atoms with E-state index in [-0.39, 0.29) is 19.0 Å². The van der Waals surface area contributed by atoms with Crippen LogP contribution in [-0.4, -0.2) is 41.4 Å². The standard InChI is InChI=1S/C16H20N2O5/c1-18(9-6-14(19)20)15(21)17-11-4-5-12-13(10-11)23-16(22-12)7-2-3-8-16/h4-5,10H,2-3,6-9H2,1H3,(H,17,21)(H,19,20). The van der Waals surface area contributed by atoms with E-state index < -0.39 is 11.8 Å². The number of carbonyl (C=O) groups is 2. The maximum atomic E-state index is 12.0. The van der Waals surface area contributed by atoms with Gasteiger partial charge in [-0.05, 0) is 25.0 Å². The molecule has 2 amide bonds. The van der Waals surface area contributed by atoms with Crippen molar-refractivity contribution in [2.45, 2.75) is 37.9 Å². The summed E-state index contributed by atoms with van der Waals surface area (Å²) in [5, 5.41) is 11.4. The zero-order valence-corrected chi connectivity index (χ0v) is 13.0. The number of carboxylic acid groups (broad SMARTS) is 1. The highest BCUT2D eigenvalue weighted by molar-refractivity contribution is 5.89. The van der Waals surface area contributed by atoms with Crippen molar-refractivity contribution >= 4 is 17.7 Å². The second-order valence-electron chi connectivity index (χ2n) is 5.98. The van der Waals surface area contributed by atoms with E-state index in [0.29, 0.717) is 17.2 Å². The third kappa shape index (κ3) is 3.33. The molecule has 0 saturated heterocycles. The Morgan fingerprint density at radius 3 is 2.65 bits per heavy atom. The summed E-state index contributed by atoms with van der Waals surface area (Å²) in [5.74, 6) is -0.125. The number of nitrogens with one attached hydrogen (secondary N) is 1. The van der Waals surface area contributed by atoms with Gasteiger partial charge in [-0.3, -0.25) is 4.79 Å². The molecule has 0 aromatic heterocycles. The molecule has 2 aliphatic rings. The van der Waals surface area contributed by atoms with Crippen LogP contribution in [-0.2, 0) is 4.79 Å². The van der Waals surface area contributed by atoms with Gasteiger partial charge in [0.15, 0.2) is 11.5 Å². The summed E-state index contributed by atoms with van der Waals surface area (Å²) in [6.07, 6.45) is 3.84. The van der Waals surface area contributed by atoms with Crippen LogP contribution in [0.2, 0.25) is 0 Å². The number of ether oxygens (including phenoxy) is 2. The Kier molecular flexibility index (Phi) is 4.02. The number of hydrogen-bond acceptors (Lipinski definition) is 4. The van der Waals surface area contributed by atoms with E-state index in [9.17, 15) is 9.59 Å². The molecule has 1 aliphatic carbocycles. The zero-order valence-electron chi connectivity index (χ0n) is 13.0. The van der Waals surface area contributed by atoms with E-state index in [1.807, 2.05) is 0 Å². The molecule has 1 fully saturated rings. The number of aliphatic carboxylic acids is 1. The third-order valence-electron chi connectivity index (χ3n) is 4.16. The first-order valence-corrected chi connectivity index (χ1v) is 7.73. The number of carbonyl (C=O) groups excluding carboxylic acids is 1. The number of urea groups is 1. The van der Waals surface area contributed by atoms with Crippen LogP contribution >= 0.6 is 0 Å². The molecule has 1 heterocycles. The number of carboxylic acids is 1. The van der Waals surface area contributed by atoms with Gasteiger partial charge < -0.3 is 24.8 Å². The maximum Gasteiger partial charge on any atom is 0.321 e. The molecule has 23 heavy (non-hydrogen) atoms. The van der Waals surface area contributed by atoms with Crippen LogP contribution in [0.3, 0.4) is 0 Å². The molecule has 0 atom stereocenters. The van der Waals surface area contributed by atoms with E-state index in [1.165, 1.54) is 4.90 Å². The Hall–Kier alpha value is -2.44. The second-order valence-corrected chi connectivity index (χ2v) is 5.98. The van der Waals surface area contributed by atoms with E-state index in [2.05, 4.69) is 5.32 Å². The van der Waals surface area contributed by atoms with Crippen LogP contribution in [0.1, 0.15) is 32.1 Å². The van der Waals surface area contributed by atoms with Crippen LogP contribution in [0.25, 0.3) is 0 Å². The number of fused-ring (bicyclic) bond motifs is 1. The van der Waals surface area contributed by atoms with Gasteiger partial charge in [0.05, 0.1) is 6.42 Å². The van der Waals surface area contributed by atoms with Crippen molar-refractivity contribution in [3.05, 3.63) is 18.2 Å². The average Bonchev–Trinajstić information content (AvgIpc) is 3.10. The molecule has 1 aromatic carbocycles. The van der Waals surface area contributed by atoms with Crippen molar-refractivity contribution in [3.8, 4) is 11.5 Å². The number of nitrogens with zero attached hydrogens (tertiary/aromatic N) is 1. The Morgan fingerprint density at radius 2 is 1.96 bits per heavy atom. The highest BCUT2D eigenvalue weighted by atomic mass is 16.7. The fourth-order valence-corrected chi connectivity index (χ4v) is 2.87. The molecule has 0 bridgehead atoms. The van der Waals surface area contributed by atoms with Crippen molar-refractivity contribution in [2.24, 2.45) is 0 Å². The van der Waals surface area contributed by atoms with Crippen molar-refractivity contribution < 1.29 is 24.2 Å². The quantitative estimate of drug-likeness (QED) is 0.890. The molecule has 7 heteroatoms. The Morgan fingerprint density at radius 1 is 1.26 bits per heavy atom. The average molecular weight is 320 g/mol. The molecular formula is C16H20N2O5. The topological polar surface area (TPSA) is 88.1 Å². The van der Waals surface area contributed by atoms with E-state index in [1.54, 1.807) is 25.2 Å². The van der Waals surface area contributed by atoms with Gasteiger partial charge in [0.2, 0.25) is 0 Å². The summed E-state index contributed by atoms with van der Waals surface area (Å²) in [6.45, 7) is 0.148. The number of rotatable bonds is 4. The summed E-state index contributed by atoms with van der Waals surface area (Å²) in [4.78, 5) is 23.9. The molecule has 0 unspecified atom stereocenters. The first kappa shape index (κ1) is 15.5. The Balaban J connectivity index is 1.62. The highest BCUT2D eigenvalue weighted by Crippen LogP contribution is 2.47. The summed E-state index contributed by atoms with van der Waals surface area (Å²) in [5.41, 5.74) is 0.592. The molecule has 2 N–H and O–H groups in total. The van der Waals surface area contributed by atoms with Gasteiger partial charge in [-0.2, -0.15) is 0 Å². The largest absolute Gasteiger partial charge is 0.481 e. The summed E-state index contributed by atoms with van der Waals surface area (Å²) >= 11 is 0. The lowest BCUT2D eigenvalue weighted by molar-refractivity contribution is -0.137. The van der Waals surface area contributed by atoms with E-state index in [4.69, 9.17) is 14.6 Å². The van der Waals surface area contributed by atoms with Crippen molar-refractivity contribution in [3.63, 3.8) is 0 Å². The number of hydrogen-bond donors (Lipinski definition) is 2. The van der Waals surface area contributed by atoms with Crippen molar-refractivity contribution in [1.82, 2.24) is 4.90 Å². The van der Waals surface area contributed by atoms with E-state index >= 15 is 0 Å². The molecular weight excluding hydrogens is 300 g/mol. The molecule has 1 aliphatic heterocycles. The van der Waals surface area contributed by atoms with Crippen LogP contribution in [0, 0.1) is 0 Å². The van der Waals surface area contributed by atoms with Crippen molar-refractivity contribution in [1.29, 1.82) is 0 Å². The van der Waals surface area contributed by atoms with Crippen LogP contribution in [0.5, 0.6) is 11.5 Å². The smallest absolute Gasteiger partial charge is 0.321 e. The molecule has 124 valence electrons. The SMILES string of the molecule is CN(CCC(=O)O)C(=O)Nc1ccc2c(c1)OC1(CCCC1)O2. The summed E-state index contributed by atoms with van der Waals surface area (Å²) in [6, 6.07) is 4.92. The molecule has 1 aromatic rings. The van der Waals surface area contributed by atoms with Gasteiger partial charge >= 0.3 is 12.0 Å². The summed E-state index contributed by atoms with van der Waals surface area (Å²) < 4.78 is 11.9. The lowest BCUT2D eigenvalue weighted by atomic mass is 10.2. The Bertz CT molecular complexity index is 625. The number of benzene rings is 1. The van der Waals surface area contributed by atoms with Gasteiger partial charge in [0.25, 0.3) is 5.79 Å². The fraction of sp³-hybridized carbons (Fsp3) is 0.500. The second kappa shape index (κ2) is 5.98. The van der Waals surface area contributed by atoms with E-state index in [0.717, 1.165) is 25.7 Å². The zero-order chi connectivity index (χ0) is 16.4. The van der Waals surface area contributed by atoms with Gasteiger partial charge in [0, 0.05) is 38.2 Å². The summed E-state index contributed by atoms with van der Waals surface area (Å²) in [7, 11) is 1.55. The first-order chi connectivity index (χ1) is 11.0. The van der Waals surface area contributed by atoms with Crippen LogP contribution < -0.4 is 14.8 Å².